The van der Waals surface area contributed by atoms with Crippen molar-refractivity contribution in [2.45, 2.75) is 6.54 Å². The second kappa shape index (κ2) is 6.17. The quantitative estimate of drug-likeness (QED) is 0.669. The van der Waals surface area contributed by atoms with Crippen LogP contribution in [0.1, 0.15) is 15.9 Å². The van der Waals surface area contributed by atoms with E-state index in [2.05, 4.69) is 35.2 Å². The van der Waals surface area contributed by atoms with Crippen LogP contribution in [0.25, 0.3) is 10.8 Å². The molecule has 0 N–H and O–H groups in total. The maximum Gasteiger partial charge on any atom is 0.168 e. The highest BCUT2D eigenvalue weighted by Gasteiger charge is 2.32. The number of hydrogen-bond acceptors (Lipinski definition) is 2. The van der Waals surface area contributed by atoms with Gasteiger partial charge in [-0.3, -0.25) is 9.69 Å². The molecule has 0 atom stereocenters. The number of carbonyl (C=O) groups excluding carboxylic acids is 1. The summed E-state index contributed by atoms with van der Waals surface area (Å²) in [5, 5.41) is 2.49. The van der Waals surface area contributed by atoms with Crippen LogP contribution in [0.3, 0.4) is 0 Å². The molecule has 0 spiro atoms. The summed E-state index contributed by atoms with van der Waals surface area (Å²) in [4.78, 5) is 14.6. The molecule has 1 heterocycles. The predicted octanol–water partition coefficient (Wildman–Crippen LogP) is 4.29. The number of ketones is 1. The van der Waals surface area contributed by atoms with Gasteiger partial charge in [-0.1, -0.05) is 36.4 Å². The van der Waals surface area contributed by atoms with E-state index in [1.165, 1.54) is 28.5 Å². The Morgan fingerprint density at radius 3 is 2.42 bits per heavy atom. The van der Waals surface area contributed by atoms with Crippen LogP contribution >= 0.6 is 0 Å². The second-order valence-electron chi connectivity index (χ2n) is 6.44. The molecule has 0 bridgehead atoms. The summed E-state index contributed by atoms with van der Waals surface area (Å²) in [6.07, 6.45) is 0. The molecule has 2 nitrogen and oxygen atoms in total. The minimum absolute atomic E-state index is 0.0240. The lowest BCUT2D eigenvalue weighted by Crippen LogP contribution is -2.49. The Kier molecular flexibility index (Phi) is 3.87. The van der Waals surface area contributed by atoms with Gasteiger partial charge in [-0.15, -0.1) is 0 Å². The van der Waals surface area contributed by atoms with Crippen LogP contribution < -0.4 is 0 Å². The smallest absolute Gasteiger partial charge is 0.168 e. The van der Waals surface area contributed by atoms with Crippen molar-refractivity contribution in [1.29, 1.82) is 0 Å². The lowest BCUT2D eigenvalue weighted by molar-refractivity contribution is 0.0595. The number of benzene rings is 3. The van der Waals surface area contributed by atoms with Crippen molar-refractivity contribution in [2.75, 3.05) is 13.1 Å². The van der Waals surface area contributed by atoms with Crippen molar-refractivity contribution in [3.05, 3.63) is 83.7 Å². The normalized spacial score (nSPS) is 15.4. The van der Waals surface area contributed by atoms with E-state index in [0.29, 0.717) is 5.56 Å². The van der Waals surface area contributed by atoms with E-state index >= 15 is 0 Å². The fourth-order valence-corrected chi connectivity index (χ4v) is 3.31. The van der Waals surface area contributed by atoms with Gasteiger partial charge in [0.25, 0.3) is 0 Å². The number of halogens is 1. The monoisotopic (exact) mass is 319 g/mol. The maximum atomic E-state index is 12.9. The van der Waals surface area contributed by atoms with Crippen LogP contribution in [0.4, 0.5) is 4.39 Å². The molecule has 4 rings (SSSR count). The first-order valence-corrected chi connectivity index (χ1v) is 8.19. The first kappa shape index (κ1) is 15.0. The Hall–Kier alpha value is -2.52. The molecule has 0 unspecified atom stereocenters. The fourth-order valence-electron chi connectivity index (χ4n) is 3.31. The van der Waals surface area contributed by atoms with Gasteiger partial charge in [-0.2, -0.15) is 0 Å². The molecule has 1 aliphatic rings. The lowest BCUT2D eigenvalue weighted by atomic mass is 9.90. The molecule has 1 saturated heterocycles. The van der Waals surface area contributed by atoms with E-state index in [-0.39, 0.29) is 17.5 Å². The van der Waals surface area contributed by atoms with E-state index in [0.717, 1.165) is 19.6 Å². The standard InChI is InChI=1S/C21H18FNO/c22-20-9-7-17(8-10-20)21(24)19-13-23(14-19)12-15-5-6-16-3-1-2-4-18(16)11-15/h1-11,19H,12-14H2. The van der Waals surface area contributed by atoms with Crippen molar-refractivity contribution in [1.82, 2.24) is 4.90 Å². The summed E-state index contributed by atoms with van der Waals surface area (Å²) in [5.74, 6) is -0.168. The topological polar surface area (TPSA) is 20.3 Å². The number of rotatable bonds is 4. The maximum absolute atomic E-state index is 12.9. The Labute approximate surface area is 140 Å². The Morgan fingerprint density at radius 1 is 0.958 bits per heavy atom. The second-order valence-corrected chi connectivity index (χ2v) is 6.44. The number of carbonyl (C=O) groups is 1. The number of nitrogens with zero attached hydrogens (tertiary/aromatic N) is 1. The van der Waals surface area contributed by atoms with Crippen LogP contribution in [0.5, 0.6) is 0 Å². The third-order valence-corrected chi connectivity index (χ3v) is 4.68. The van der Waals surface area contributed by atoms with Gasteiger partial charge in [0.2, 0.25) is 0 Å². The molecule has 3 aromatic carbocycles. The highest BCUT2D eigenvalue weighted by Crippen LogP contribution is 2.24. The summed E-state index contributed by atoms with van der Waals surface area (Å²) >= 11 is 0. The van der Waals surface area contributed by atoms with Gasteiger partial charge in [0, 0.05) is 31.1 Å². The van der Waals surface area contributed by atoms with E-state index < -0.39 is 0 Å². The molecule has 1 aliphatic heterocycles. The molecular weight excluding hydrogens is 301 g/mol. The van der Waals surface area contributed by atoms with Crippen molar-refractivity contribution < 1.29 is 9.18 Å². The van der Waals surface area contributed by atoms with E-state index in [1.54, 1.807) is 12.1 Å². The van der Waals surface area contributed by atoms with Crippen LogP contribution in [0.15, 0.2) is 66.7 Å². The average Bonchev–Trinajstić information content (AvgIpc) is 2.58. The molecule has 120 valence electrons. The van der Waals surface area contributed by atoms with Crippen LogP contribution in [0.2, 0.25) is 0 Å². The Bertz CT molecular complexity index is 882. The van der Waals surface area contributed by atoms with E-state index in [9.17, 15) is 9.18 Å². The molecule has 24 heavy (non-hydrogen) atoms. The van der Waals surface area contributed by atoms with Gasteiger partial charge in [0.1, 0.15) is 5.82 Å². The van der Waals surface area contributed by atoms with Gasteiger partial charge < -0.3 is 0 Å². The molecule has 0 amide bonds. The lowest BCUT2D eigenvalue weighted by Gasteiger charge is -2.38. The Morgan fingerprint density at radius 2 is 1.67 bits per heavy atom. The van der Waals surface area contributed by atoms with Gasteiger partial charge >= 0.3 is 0 Å². The zero-order chi connectivity index (χ0) is 16.5. The van der Waals surface area contributed by atoms with Crippen LogP contribution in [-0.2, 0) is 6.54 Å². The minimum Gasteiger partial charge on any atom is -0.298 e. The number of likely N-dealkylation sites (tertiary alicyclic amines) is 1. The van der Waals surface area contributed by atoms with Crippen molar-refractivity contribution in [2.24, 2.45) is 5.92 Å². The largest absolute Gasteiger partial charge is 0.298 e. The highest BCUT2D eigenvalue weighted by atomic mass is 19.1. The third-order valence-electron chi connectivity index (χ3n) is 4.68. The van der Waals surface area contributed by atoms with Gasteiger partial charge in [-0.05, 0) is 46.7 Å². The van der Waals surface area contributed by atoms with Gasteiger partial charge in [-0.25, -0.2) is 4.39 Å². The molecule has 1 fully saturated rings. The fraction of sp³-hybridized carbons (Fsp3) is 0.190. The number of fused-ring (bicyclic) bond motifs is 1. The molecule has 0 aromatic heterocycles. The number of Topliss-reactive ketones (excluding diaryl/α,β-unsaturated/α-hetero) is 1. The number of hydrogen-bond donors (Lipinski definition) is 0. The first-order valence-electron chi connectivity index (χ1n) is 8.19. The Balaban J connectivity index is 1.38. The summed E-state index contributed by atoms with van der Waals surface area (Å²) in [6, 6.07) is 20.7. The third kappa shape index (κ3) is 2.95. The van der Waals surface area contributed by atoms with E-state index in [1.807, 2.05) is 12.1 Å². The highest BCUT2D eigenvalue weighted by molar-refractivity contribution is 5.98. The SMILES string of the molecule is O=C(c1ccc(F)cc1)C1CN(Cc2ccc3ccccc3c2)C1. The minimum atomic E-state index is -0.307. The zero-order valence-electron chi connectivity index (χ0n) is 13.3. The molecule has 3 aromatic rings. The first-order chi connectivity index (χ1) is 11.7. The molecule has 0 aliphatic carbocycles. The van der Waals surface area contributed by atoms with Gasteiger partial charge in [0.05, 0.1) is 0 Å². The zero-order valence-corrected chi connectivity index (χ0v) is 13.3. The van der Waals surface area contributed by atoms with Crippen LogP contribution in [0, 0.1) is 11.7 Å². The summed E-state index contributed by atoms with van der Waals surface area (Å²) < 4.78 is 12.9. The summed E-state index contributed by atoms with van der Waals surface area (Å²) in [5.41, 5.74) is 1.87. The van der Waals surface area contributed by atoms with Crippen molar-refractivity contribution in [3.8, 4) is 0 Å². The van der Waals surface area contributed by atoms with Crippen LogP contribution in [-0.4, -0.2) is 23.8 Å². The van der Waals surface area contributed by atoms with Crippen molar-refractivity contribution >= 4 is 16.6 Å². The van der Waals surface area contributed by atoms with Gasteiger partial charge in [0.15, 0.2) is 5.78 Å². The predicted molar refractivity (Wildman–Crippen MR) is 93.4 cm³/mol. The average molecular weight is 319 g/mol. The molecule has 3 heteroatoms. The molecule has 0 saturated carbocycles. The summed E-state index contributed by atoms with van der Waals surface area (Å²) in [7, 11) is 0. The molecular formula is C21H18FNO. The summed E-state index contributed by atoms with van der Waals surface area (Å²) in [6.45, 7) is 2.39. The van der Waals surface area contributed by atoms with E-state index in [4.69, 9.17) is 0 Å². The van der Waals surface area contributed by atoms with Crippen molar-refractivity contribution in [3.63, 3.8) is 0 Å². The molecule has 0 radical (unpaired) electrons.